The number of carbonyl (C=O) groups is 1. The van der Waals surface area contributed by atoms with Gasteiger partial charge in [-0.05, 0) is 80.2 Å². The minimum atomic E-state index is 0.0156. The Hall–Kier alpha value is -3.43. The van der Waals surface area contributed by atoms with Crippen molar-refractivity contribution >= 4 is 28.0 Å². The molecule has 0 spiro atoms. The third-order valence-corrected chi connectivity index (χ3v) is 9.63. The zero-order chi connectivity index (χ0) is 28.2. The lowest BCUT2D eigenvalue weighted by atomic mass is 10.1. The van der Waals surface area contributed by atoms with E-state index in [-0.39, 0.29) is 18.0 Å². The molecule has 0 unspecified atom stereocenters. The highest BCUT2D eigenvalue weighted by atomic mass is 16.5. The van der Waals surface area contributed by atoms with Gasteiger partial charge in [0.2, 0.25) is 0 Å². The maximum atomic E-state index is 13.8. The summed E-state index contributed by atoms with van der Waals surface area (Å²) in [6, 6.07) is 10.3. The molecule has 0 radical (unpaired) electrons. The lowest BCUT2D eigenvalue weighted by Gasteiger charge is -2.27. The van der Waals surface area contributed by atoms with Gasteiger partial charge < -0.3 is 29.2 Å². The van der Waals surface area contributed by atoms with Crippen LogP contribution in [0.2, 0.25) is 0 Å². The number of rotatable bonds is 10. The number of amides is 1. The zero-order valence-corrected chi connectivity index (χ0v) is 24.3. The molecule has 2 saturated carbocycles. The van der Waals surface area contributed by atoms with Crippen LogP contribution in [0.3, 0.4) is 0 Å². The van der Waals surface area contributed by atoms with Crippen molar-refractivity contribution in [2.24, 2.45) is 23.5 Å². The number of carbonyl (C=O) groups excluding carboxylic acids is 1. The Morgan fingerprint density at radius 3 is 2.68 bits per heavy atom. The van der Waals surface area contributed by atoms with Crippen molar-refractivity contribution in [1.29, 1.82) is 0 Å². The number of piperidine rings is 1. The molecule has 7 rings (SSSR count). The van der Waals surface area contributed by atoms with E-state index in [1.54, 1.807) is 14.2 Å². The fourth-order valence-electron chi connectivity index (χ4n) is 7.14. The summed E-state index contributed by atoms with van der Waals surface area (Å²) in [6.45, 7) is 5.22. The van der Waals surface area contributed by atoms with Crippen LogP contribution in [-0.4, -0.2) is 69.4 Å². The molecule has 1 saturated heterocycles. The molecule has 2 bridgehead atoms. The normalized spacial score (nSPS) is 22.7. The van der Waals surface area contributed by atoms with E-state index in [4.69, 9.17) is 25.2 Å². The second kappa shape index (κ2) is 10.4. The van der Waals surface area contributed by atoms with Gasteiger partial charge in [-0.3, -0.25) is 4.79 Å². The molecule has 1 aromatic carbocycles. The number of likely N-dealkylation sites (tertiary alicyclic amines) is 1. The Balaban J connectivity index is 1.39. The van der Waals surface area contributed by atoms with Crippen molar-refractivity contribution in [3.63, 3.8) is 0 Å². The van der Waals surface area contributed by atoms with Crippen LogP contribution in [-0.2, 0) is 17.8 Å². The molecule has 4 aromatic rings. The van der Waals surface area contributed by atoms with Gasteiger partial charge in [-0.25, -0.2) is 9.97 Å². The lowest BCUT2D eigenvalue weighted by molar-refractivity contribution is 0.0700. The molecule has 41 heavy (non-hydrogen) atoms. The van der Waals surface area contributed by atoms with E-state index in [9.17, 15) is 4.79 Å². The van der Waals surface area contributed by atoms with Gasteiger partial charge in [0.25, 0.3) is 5.91 Å². The molecule has 9 heteroatoms. The van der Waals surface area contributed by atoms with Crippen molar-refractivity contribution in [2.45, 2.75) is 64.2 Å². The molecule has 9 nitrogen and oxygen atoms in total. The summed E-state index contributed by atoms with van der Waals surface area (Å²) in [6.07, 6.45) is 7.41. The molecule has 2 aliphatic carbocycles. The highest BCUT2D eigenvalue weighted by Gasteiger charge is 2.47. The standard InChI is InChI=1S/C32H40N6O3/c1-4-19(18-40-2)15-38-29-24(12-23(14-27(29)41-3)32(39)37-17-22-9-10-25(37)28(22)33)35-31(38)26-13-21-6-5-11-34-30(21)36(26)16-20-7-8-20/h5-6,11-14,19-20,22,25,28H,4,7-10,15-18,33H2,1-3H3/t19-,22-,25-,28-/m1/s1. The largest absolute Gasteiger partial charge is 0.494 e. The second-order valence-corrected chi connectivity index (χ2v) is 12.3. The average molecular weight is 557 g/mol. The first-order valence-corrected chi connectivity index (χ1v) is 15.1. The first kappa shape index (κ1) is 26.5. The number of imidazole rings is 1. The Morgan fingerprint density at radius 1 is 1.15 bits per heavy atom. The van der Waals surface area contributed by atoms with E-state index < -0.39 is 0 Å². The number of nitrogens with two attached hydrogens (primary N) is 1. The molecule has 1 amide bonds. The third kappa shape index (κ3) is 4.50. The summed E-state index contributed by atoms with van der Waals surface area (Å²) < 4.78 is 16.2. The number of nitrogens with zero attached hydrogens (tertiary/aromatic N) is 5. The highest BCUT2D eigenvalue weighted by Crippen LogP contribution is 2.40. The number of pyridine rings is 1. The molecule has 3 fully saturated rings. The van der Waals surface area contributed by atoms with Gasteiger partial charge in [-0.2, -0.15) is 0 Å². The minimum Gasteiger partial charge on any atom is -0.494 e. The summed E-state index contributed by atoms with van der Waals surface area (Å²) in [5.74, 6) is 2.91. The number of benzene rings is 1. The Kier molecular flexibility index (Phi) is 6.74. The summed E-state index contributed by atoms with van der Waals surface area (Å²) >= 11 is 0. The van der Waals surface area contributed by atoms with Crippen molar-refractivity contribution in [2.75, 3.05) is 27.4 Å². The van der Waals surface area contributed by atoms with E-state index in [0.29, 0.717) is 35.7 Å². The molecule has 3 aliphatic rings. The predicted octanol–water partition coefficient (Wildman–Crippen LogP) is 4.71. The van der Waals surface area contributed by atoms with Gasteiger partial charge >= 0.3 is 0 Å². The molecular weight excluding hydrogens is 516 g/mol. The fraction of sp³-hybridized carbons (Fsp3) is 0.531. The summed E-state index contributed by atoms with van der Waals surface area (Å²) in [7, 11) is 3.43. The van der Waals surface area contributed by atoms with Crippen LogP contribution in [0.4, 0.5) is 0 Å². The highest BCUT2D eigenvalue weighted by molar-refractivity contribution is 6.00. The van der Waals surface area contributed by atoms with Crippen LogP contribution in [0.1, 0.15) is 49.4 Å². The maximum Gasteiger partial charge on any atom is 0.254 e. The first-order valence-electron chi connectivity index (χ1n) is 15.1. The van der Waals surface area contributed by atoms with Crippen LogP contribution >= 0.6 is 0 Å². The summed E-state index contributed by atoms with van der Waals surface area (Å²) in [4.78, 5) is 25.8. The van der Waals surface area contributed by atoms with Crippen molar-refractivity contribution < 1.29 is 14.3 Å². The molecule has 2 N–H and O–H groups in total. The molecule has 216 valence electrons. The van der Waals surface area contributed by atoms with Crippen molar-refractivity contribution in [3.8, 4) is 17.3 Å². The monoisotopic (exact) mass is 556 g/mol. The van der Waals surface area contributed by atoms with E-state index in [1.807, 2.05) is 29.3 Å². The molecule has 4 atom stereocenters. The predicted molar refractivity (Wildman–Crippen MR) is 159 cm³/mol. The second-order valence-electron chi connectivity index (χ2n) is 12.3. The van der Waals surface area contributed by atoms with E-state index in [1.165, 1.54) is 12.8 Å². The summed E-state index contributed by atoms with van der Waals surface area (Å²) in [5, 5.41) is 1.11. The lowest BCUT2D eigenvalue weighted by Crippen LogP contribution is -2.41. The zero-order valence-electron chi connectivity index (χ0n) is 24.3. The van der Waals surface area contributed by atoms with Crippen molar-refractivity contribution in [3.05, 3.63) is 42.1 Å². The third-order valence-electron chi connectivity index (χ3n) is 9.63. The molecule has 3 aromatic heterocycles. The van der Waals surface area contributed by atoms with Crippen LogP contribution in [0, 0.1) is 17.8 Å². The van der Waals surface area contributed by atoms with E-state index in [0.717, 1.165) is 72.5 Å². The number of methoxy groups -OCH3 is 2. The number of hydrogen-bond donors (Lipinski definition) is 1. The summed E-state index contributed by atoms with van der Waals surface area (Å²) in [5.41, 5.74) is 10.8. The van der Waals surface area contributed by atoms with Crippen LogP contribution in [0.5, 0.6) is 5.75 Å². The van der Waals surface area contributed by atoms with Crippen LogP contribution < -0.4 is 10.5 Å². The van der Waals surface area contributed by atoms with Gasteiger partial charge in [0.15, 0.2) is 5.82 Å². The van der Waals surface area contributed by atoms with Gasteiger partial charge in [0.05, 0.1) is 24.9 Å². The molecule has 1 aliphatic heterocycles. The SMILES string of the molecule is CC[C@@H](COC)Cn1c(-c2cc3cccnc3n2CC2CC2)nc2cc(C(=O)N3C[C@H]4CC[C@@H]3[C@@H]4N)cc(OC)c21. The van der Waals surface area contributed by atoms with E-state index in [2.05, 4.69) is 28.2 Å². The topological polar surface area (TPSA) is 100 Å². The quantitative estimate of drug-likeness (QED) is 0.304. The first-order chi connectivity index (χ1) is 20.0. The Bertz CT molecular complexity index is 1600. The van der Waals surface area contributed by atoms with E-state index >= 15 is 0 Å². The van der Waals surface area contributed by atoms with Crippen LogP contribution in [0.25, 0.3) is 33.6 Å². The van der Waals surface area contributed by atoms with Gasteiger partial charge in [-0.1, -0.05) is 6.92 Å². The Morgan fingerprint density at radius 2 is 2.00 bits per heavy atom. The fourth-order valence-corrected chi connectivity index (χ4v) is 7.14. The van der Waals surface area contributed by atoms with Gasteiger partial charge in [-0.15, -0.1) is 0 Å². The smallest absolute Gasteiger partial charge is 0.254 e. The number of aromatic nitrogens is 4. The van der Waals surface area contributed by atoms with Gasteiger partial charge in [0, 0.05) is 56.0 Å². The number of fused-ring (bicyclic) bond motifs is 4. The minimum absolute atomic E-state index is 0.0156. The average Bonchev–Trinajstić information content (AvgIpc) is 3.35. The number of ether oxygens (including phenoxy) is 2. The Labute approximate surface area is 240 Å². The number of hydrogen-bond acceptors (Lipinski definition) is 6. The maximum absolute atomic E-state index is 13.8. The van der Waals surface area contributed by atoms with Crippen molar-refractivity contribution in [1.82, 2.24) is 24.0 Å². The van der Waals surface area contributed by atoms with Crippen LogP contribution in [0.15, 0.2) is 36.5 Å². The molecular formula is C32H40N6O3. The molecule has 4 heterocycles. The van der Waals surface area contributed by atoms with Gasteiger partial charge in [0.1, 0.15) is 16.9 Å².